The number of rotatable bonds is 5. The number of aromatic nitrogens is 3. The van der Waals surface area contributed by atoms with Crippen LogP contribution in [0.15, 0.2) is 39.8 Å². The Balaban J connectivity index is 1.26. The van der Waals surface area contributed by atoms with Crippen LogP contribution in [-0.2, 0) is 16.6 Å². The van der Waals surface area contributed by atoms with Gasteiger partial charge in [-0.05, 0) is 60.6 Å². The fourth-order valence-corrected chi connectivity index (χ4v) is 6.81. The molecular weight excluding hydrogens is 416 g/mol. The lowest BCUT2D eigenvalue weighted by atomic mass is 9.81. The molecule has 3 aromatic heterocycles. The van der Waals surface area contributed by atoms with Gasteiger partial charge in [0.1, 0.15) is 10.8 Å². The normalized spacial score (nSPS) is 19.4. The number of carbonyl (C=O) groups is 1. The predicted molar refractivity (Wildman–Crippen MR) is 120 cm³/mol. The van der Waals surface area contributed by atoms with Gasteiger partial charge >= 0.3 is 5.69 Å². The van der Waals surface area contributed by atoms with Gasteiger partial charge in [-0.1, -0.05) is 18.9 Å². The minimum absolute atomic E-state index is 0.181. The van der Waals surface area contributed by atoms with Crippen LogP contribution < -0.4 is 5.69 Å². The molecule has 2 fully saturated rings. The molecule has 1 aliphatic carbocycles. The van der Waals surface area contributed by atoms with Crippen LogP contribution in [0.25, 0.3) is 5.00 Å². The number of piperidine rings is 1. The zero-order valence-electron chi connectivity index (χ0n) is 16.9. The molecule has 4 heterocycles. The number of carbonyl (C=O) groups excluding carboxylic acids is 1. The second-order valence-corrected chi connectivity index (χ2v) is 10.3. The van der Waals surface area contributed by atoms with Crippen LogP contribution >= 0.6 is 22.7 Å². The van der Waals surface area contributed by atoms with Crippen LogP contribution in [0.3, 0.4) is 0 Å². The maximum absolute atomic E-state index is 13.6. The smallest absolute Gasteiger partial charge is 0.342 e. The molecule has 1 saturated heterocycles. The third-order valence-corrected chi connectivity index (χ3v) is 8.63. The Kier molecular flexibility index (Phi) is 5.37. The largest absolute Gasteiger partial charge is 0.348 e. The summed E-state index contributed by atoms with van der Waals surface area (Å²) in [5.74, 6) is 1.55. The molecule has 1 saturated carbocycles. The topological polar surface area (TPSA) is 71.0 Å². The monoisotopic (exact) mass is 442 g/mol. The summed E-state index contributed by atoms with van der Waals surface area (Å²) in [7, 11) is 0. The third kappa shape index (κ3) is 3.46. The average molecular weight is 443 g/mol. The zero-order chi connectivity index (χ0) is 20.6. The van der Waals surface area contributed by atoms with Gasteiger partial charge < -0.3 is 4.90 Å². The van der Waals surface area contributed by atoms with E-state index in [-0.39, 0.29) is 11.1 Å². The van der Waals surface area contributed by atoms with E-state index in [1.54, 1.807) is 15.9 Å². The maximum atomic E-state index is 13.6. The SMILES string of the molecule is O=C(N1CCC(Cc2n[nH]c(=O)n2-c2cccs2)CC1)C1(c2cccs2)CCCC1. The molecule has 5 rings (SSSR count). The van der Waals surface area contributed by atoms with Crippen molar-refractivity contribution in [1.29, 1.82) is 0 Å². The first-order valence-corrected chi connectivity index (χ1v) is 12.5. The first-order chi connectivity index (χ1) is 14.7. The maximum Gasteiger partial charge on any atom is 0.348 e. The van der Waals surface area contributed by atoms with E-state index in [2.05, 4.69) is 32.6 Å². The lowest BCUT2D eigenvalue weighted by molar-refractivity contribution is -0.138. The highest BCUT2D eigenvalue weighted by molar-refractivity contribution is 7.12. The van der Waals surface area contributed by atoms with Crippen LogP contribution in [0.2, 0.25) is 0 Å². The van der Waals surface area contributed by atoms with Crippen LogP contribution in [0, 0.1) is 5.92 Å². The van der Waals surface area contributed by atoms with Gasteiger partial charge in [0.05, 0.1) is 5.41 Å². The van der Waals surface area contributed by atoms with Crippen molar-refractivity contribution in [3.8, 4) is 5.00 Å². The Hall–Kier alpha value is -2.19. The van der Waals surface area contributed by atoms with Gasteiger partial charge in [-0.15, -0.1) is 22.7 Å². The molecule has 1 amide bonds. The second-order valence-electron chi connectivity index (χ2n) is 8.44. The molecule has 0 radical (unpaired) electrons. The highest BCUT2D eigenvalue weighted by Gasteiger charge is 2.46. The van der Waals surface area contributed by atoms with Gasteiger partial charge in [-0.25, -0.2) is 14.5 Å². The third-order valence-electron chi connectivity index (χ3n) is 6.70. The summed E-state index contributed by atoms with van der Waals surface area (Å²) in [6.07, 6.45) is 6.91. The molecule has 3 aromatic rings. The summed E-state index contributed by atoms with van der Waals surface area (Å²) in [4.78, 5) is 29.1. The van der Waals surface area contributed by atoms with Crippen LogP contribution in [0.1, 0.15) is 49.2 Å². The molecule has 0 spiro atoms. The fraction of sp³-hybridized carbons (Fsp3) is 0.500. The summed E-state index contributed by atoms with van der Waals surface area (Å²) >= 11 is 3.26. The summed E-state index contributed by atoms with van der Waals surface area (Å²) in [6, 6.07) is 8.09. The van der Waals surface area contributed by atoms with Crippen LogP contribution in [0.5, 0.6) is 0 Å². The molecule has 2 aliphatic rings. The molecule has 8 heteroatoms. The van der Waals surface area contributed by atoms with Crippen molar-refractivity contribution in [3.05, 3.63) is 56.2 Å². The Morgan fingerprint density at radius 2 is 1.87 bits per heavy atom. The van der Waals surface area contributed by atoms with Crippen molar-refractivity contribution in [2.24, 2.45) is 5.92 Å². The van der Waals surface area contributed by atoms with Crippen LogP contribution in [0.4, 0.5) is 0 Å². The molecule has 0 unspecified atom stereocenters. The predicted octanol–water partition coefficient (Wildman–Crippen LogP) is 3.98. The molecular formula is C22H26N4O2S2. The van der Waals surface area contributed by atoms with Gasteiger partial charge in [-0.3, -0.25) is 4.79 Å². The number of aromatic amines is 1. The lowest BCUT2D eigenvalue weighted by Gasteiger charge is -2.38. The van der Waals surface area contributed by atoms with E-state index >= 15 is 0 Å². The van der Waals surface area contributed by atoms with Crippen molar-refractivity contribution in [2.75, 3.05) is 13.1 Å². The lowest BCUT2D eigenvalue weighted by Crippen LogP contribution is -2.48. The summed E-state index contributed by atoms with van der Waals surface area (Å²) in [5, 5.41) is 11.8. The van der Waals surface area contributed by atoms with Gasteiger partial charge in [0.15, 0.2) is 0 Å². The molecule has 0 bridgehead atoms. The molecule has 158 valence electrons. The average Bonchev–Trinajstić information content (AvgIpc) is 3.55. The molecule has 0 atom stereocenters. The fourth-order valence-electron chi connectivity index (χ4n) is 5.09. The van der Waals surface area contributed by atoms with Gasteiger partial charge in [-0.2, -0.15) is 5.10 Å². The van der Waals surface area contributed by atoms with Crippen molar-refractivity contribution in [1.82, 2.24) is 19.7 Å². The Morgan fingerprint density at radius 1 is 1.13 bits per heavy atom. The first kappa shape index (κ1) is 19.8. The van der Waals surface area contributed by atoms with E-state index in [0.29, 0.717) is 11.8 Å². The number of amides is 1. The Bertz CT molecular complexity index is 1040. The number of H-pyrrole nitrogens is 1. The van der Waals surface area contributed by atoms with Gasteiger partial charge in [0, 0.05) is 24.4 Å². The molecule has 0 aromatic carbocycles. The summed E-state index contributed by atoms with van der Waals surface area (Å²) in [6.45, 7) is 1.59. The Morgan fingerprint density at radius 3 is 2.53 bits per heavy atom. The van der Waals surface area contributed by atoms with Crippen molar-refractivity contribution in [3.63, 3.8) is 0 Å². The number of hydrogen-bond acceptors (Lipinski definition) is 5. The summed E-state index contributed by atoms with van der Waals surface area (Å²) < 4.78 is 1.69. The molecule has 1 aliphatic heterocycles. The highest BCUT2D eigenvalue weighted by Crippen LogP contribution is 2.45. The zero-order valence-corrected chi connectivity index (χ0v) is 18.5. The van der Waals surface area contributed by atoms with E-state index in [1.807, 2.05) is 17.5 Å². The quantitative estimate of drug-likeness (QED) is 0.650. The number of nitrogens with one attached hydrogen (secondary N) is 1. The van der Waals surface area contributed by atoms with E-state index in [4.69, 9.17) is 0 Å². The van der Waals surface area contributed by atoms with E-state index in [1.165, 1.54) is 16.2 Å². The molecule has 6 nitrogen and oxygen atoms in total. The minimum Gasteiger partial charge on any atom is -0.342 e. The second kappa shape index (κ2) is 8.15. The van der Waals surface area contributed by atoms with Gasteiger partial charge in [0.2, 0.25) is 5.91 Å². The van der Waals surface area contributed by atoms with E-state index < -0.39 is 0 Å². The van der Waals surface area contributed by atoms with Crippen LogP contribution in [-0.4, -0.2) is 38.7 Å². The highest BCUT2D eigenvalue weighted by atomic mass is 32.1. The number of nitrogens with zero attached hydrogens (tertiary/aromatic N) is 3. The van der Waals surface area contributed by atoms with Crippen molar-refractivity contribution < 1.29 is 4.79 Å². The van der Waals surface area contributed by atoms with E-state index in [9.17, 15) is 9.59 Å². The summed E-state index contributed by atoms with van der Waals surface area (Å²) in [5.41, 5.74) is -0.470. The van der Waals surface area contributed by atoms with Gasteiger partial charge in [0.25, 0.3) is 0 Å². The van der Waals surface area contributed by atoms with E-state index in [0.717, 1.165) is 68.9 Å². The number of likely N-dealkylation sites (tertiary alicyclic amines) is 1. The van der Waals surface area contributed by atoms with Crippen molar-refractivity contribution >= 4 is 28.6 Å². The standard InChI is InChI=1S/C22H26N4O2S2/c27-20(22(9-1-2-10-22)17-5-3-13-29-17)25-11-7-16(8-12-25)15-18-23-24-21(28)26(18)19-6-4-14-30-19/h3-6,13-14,16H,1-2,7-12,15H2,(H,24,28). The minimum atomic E-state index is -0.289. The number of hydrogen-bond donors (Lipinski definition) is 1. The first-order valence-electron chi connectivity index (χ1n) is 10.7. The number of thiophene rings is 2. The molecule has 30 heavy (non-hydrogen) atoms. The van der Waals surface area contributed by atoms with Crippen molar-refractivity contribution in [2.45, 2.75) is 50.4 Å². The Labute approximate surface area is 183 Å². The molecule has 1 N–H and O–H groups in total.